The SMILES string of the molecule is CC(C)(C)[C@H]1COC(c2ccccc2P(c2ccc(OCc3cc(OCc4cc(OCc5ccccc5)cc(OCc5ccccc5)c4)cc(OCc4cc(OCc5ccccc5)cc(OCc5ccccc5)c4)c3)cc2)c2ccc(OCc3cc(OCc4cc(OCc5ccccc5)cc(OCc5ccccc5)c4)cc(OCc4cc(OCc5ccccc5)cc(OCc5ccccc5)c4)c3)cc2)=N1. The van der Waals surface area contributed by atoms with Crippen molar-refractivity contribution in [2.24, 2.45) is 10.4 Å². The summed E-state index contributed by atoms with van der Waals surface area (Å²) in [6, 6.07) is 142. The van der Waals surface area contributed by atoms with E-state index in [0.29, 0.717) is 146 Å². The molecule has 0 aliphatic carbocycles. The lowest BCUT2D eigenvalue weighted by molar-refractivity contribution is 0.236. The van der Waals surface area contributed by atoms with Crippen molar-refractivity contribution in [3.05, 3.63) is 508 Å². The fourth-order valence-corrected chi connectivity index (χ4v) is 18.2. The highest BCUT2D eigenvalue weighted by Crippen LogP contribution is 2.40. The maximum atomic E-state index is 6.84. The van der Waals surface area contributed by atoms with Gasteiger partial charge in [-0.25, -0.2) is 4.99 Å². The molecule has 17 aromatic carbocycles. The van der Waals surface area contributed by atoms with Gasteiger partial charge >= 0.3 is 0 Å². The number of benzene rings is 17. The summed E-state index contributed by atoms with van der Waals surface area (Å²) in [6.45, 7) is 11.1. The lowest BCUT2D eigenvalue weighted by atomic mass is 9.88. The summed E-state index contributed by atoms with van der Waals surface area (Å²) in [5, 5.41) is 3.23. The Labute approximate surface area is 820 Å². The van der Waals surface area contributed by atoms with Crippen molar-refractivity contribution in [1.29, 1.82) is 0 Å². The number of rotatable bonds is 46. The van der Waals surface area contributed by atoms with Crippen molar-refractivity contribution < 1.29 is 71.1 Å². The van der Waals surface area contributed by atoms with E-state index in [1.165, 1.54) is 0 Å². The molecule has 0 amide bonds. The van der Waals surface area contributed by atoms with Crippen molar-refractivity contribution in [3.63, 3.8) is 0 Å². The molecule has 17 heteroatoms. The molecule has 1 aliphatic rings. The zero-order valence-corrected chi connectivity index (χ0v) is 79.5. The second-order valence-electron chi connectivity index (χ2n) is 35.3. The molecule has 0 unspecified atom stereocenters. The van der Waals surface area contributed by atoms with Gasteiger partial charge in [0.15, 0.2) is 0 Å². The van der Waals surface area contributed by atoms with Crippen LogP contribution < -0.4 is 82.2 Å². The smallest absolute Gasteiger partial charge is 0.217 e. The van der Waals surface area contributed by atoms with Gasteiger partial charge in [0, 0.05) is 42.0 Å². The summed E-state index contributed by atoms with van der Waals surface area (Å²) in [5.41, 5.74) is 14.2. The van der Waals surface area contributed by atoms with Gasteiger partial charge in [-0.3, -0.25) is 0 Å². The van der Waals surface area contributed by atoms with Gasteiger partial charge in [-0.1, -0.05) is 306 Å². The minimum absolute atomic E-state index is 0.0285. The van der Waals surface area contributed by atoms with Gasteiger partial charge in [-0.15, -0.1) is 0 Å². The summed E-state index contributed by atoms with van der Waals surface area (Å²) in [4.78, 5) is 5.27. The van der Waals surface area contributed by atoms with Crippen LogP contribution in [0.25, 0.3) is 0 Å². The normalized spacial score (nSPS) is 12.1. The van der Waals surface area contributed by atoms with Crippen LogP contribution in [0.15, 0.2) is 430 Å². The Morgan fingerprint density at radius 3 is 0.579 bits per heavy atom. The minimum Gasteiger partial charge on any atom is -0.489 e. The summed E-state index contributed by atoms with van der Waals surface area (Å²) in [5.74, 6) is 9.40. The Balaban J connectivity index is 0.623. The molecular weight excluding hydrogens is 1760 g/mol. The first kappa shape index (κ1) is 94.2. The Bertz CT molecular complexity index is 5910. The highest BCUT2D eigenvalue weighted by Gasteiger charge is 2.33. The average molecular weight is 1870 g/mol. The number of aliphatic imine (C=N–C) groups is 1. The number of ether oxygens (including phenoxy) is 15. The zero-order chi connectivity index (χ0) is 95.1. The van der Waals surface area contributed by atoms with Gasteiger partial charge in [0.2, 0.25) is 5.90 Å². The van der Waals surface area contributed by atoms with Crippen molar-refractivity contribution in [1.82, 2.24) is 0 Å². The third-order valence-electron chi connectivity index (χ3n) is 23.3. The Morgan fingerprint density at radius 1 is 0.207 bits per heavy atom. The van der Waals surface area contributed by atoms with Gasteiger partial charge < -0.3 is 71.1 Å². The van der Waals surface area contributed by atoms with Crippen LogP contribution in [-0.2, 0) is 97.2 Å². The molecule has 0 N–H and O–H groups in total. The quantitative estimate of drug-likeness (QED) is 0.0333. The molecule has 0 saturated carbocycles. The fraction of sp³-hybridized carbons (Fsp3) is 0.163. The Kier molecular flexibility index (Phi) is 32.0. The third-order valence-corrected chi connectivity index (χ3v) is 25.8. The highest BCUT2D eigenvalue weighted by molar-refractivity contribution is 7.80. The van der Waals surface area contributed by atoms with Gasteiger partial charge in [-0.05, 0) is 210 Å². The van der Waals surface area contributed by atoms with E-state index in [2.05, 4.69) is 69.3 Å². The molecule has 17 aromatic rings. The van der Waals surface area contributed by atoms with Crippen molar-refractivity contribution in [2.75, 3.05) is 6.61 Å². The summed E-state index contributed by atoms with van der Waals surface area (Å²) < 4.78 is 99.2. The number of hydrogen-bond acceptors (Lipinski definition) is 16. The number of nitrogens with zero attached hydrogens (tertiary/aromatic N) is 1. The van der Waals surface area contributed by atoms with E-state index in [-0.39, 0.29) is 51.1 Å². The predicted octanol–water partition coefficient (Wildman–Crippen LogP) is 26.7. The molecule has 0 fully saturated rings. The maximum Gasteiger partial charge on any atom is 0.217 e. The topological polar surface area (TPSA) is 151 Å². The fourth-order valence-electron chi connectivity index (χ4n) is 15.8. The predicted molar refractivity (Wildman–Crippen MR) is 552 cm³/mol. The van der Waals surface area contributed by atoms with E-state index >= 15 is 0 Å². The molecule has 1 aliphatic heterocycles. The Morgan fingerprint density at radius 2 is 0.386 bits per heavy atom. The Hall–Kier alpha value is -16.2. The molecule has 1 atom stereocenters. The van der Waals surface area contributed by atoms with E-state index < -0.39 is 7.92 Å². The van der Waals surface area contributed by atoms with Gasteiger partial charge in [0.25, 0.3) is 0 Å². The van der Waals surface area contributed by atoms with E-state index in [0.717, 1.165) is 99.4 Å². The number of hydrogen-bond donors (Lipinski definition) is 0. The van der Waals surface area contributed by atoms with Crippen molar-refractivity contribution >= 4 is 29.7 Å². The largest absolute Gasteiger partial charge is 0.489 e. The lowest BCUT2D eigenvalue weighted by Crippen LogP contribution is -2.25. The van der Waals surface area contributed by atoms with E-state index in [1.54, 1.807) is 0 Å². The lowest BCUT2D eigenvalue weighted by Gasteiger charge is -2.23. The third kappa shape index (κ3) is 28.1. The van der Waals surface area contributed by atoms with Gasteiger partial charge in [0.1, 0.15) is 180 Å². The molecule has 140 heavy (non-hydrogen) atoms. The van der Waals surface area contributed by atoms with Crippen LogP contribution >= 0.6 is 7.92 Å². The van der Waals surface area contributed by atoms with Crippen LogP contribution in [0.5, 0.6) is 80.5 Å². The monoisotopic (exact) mass is 1870 g/mol. The standard InChI is InChI=1S/C123H110NO15P/c1-123(2,3)121-88-139-122(124-121)119-46-28-29-47-120(119)140(117-52-48-103(49-53-117)125-82-97-56-113(135-84-99-60-105(127-74-89-30-12-4-13-31-89)68-106(61-99)128-75-90-32-14-5-15-33-90)72-114(57-97)136-85-100-62-107(129-76-91-34-16-6-17-35-91)69-108(63-100)130-77-92-36-18-7-19-37-92)118-54-50-104(51-55-118)126-83-98-58-115(137-86-101-64-109(131-78-93-38-20-8-21-39-93)70-110(65-101)132-79-94-40-22-9-23-41-94)73-116(59-98)138-87-102-66-111(133-80-95-42-24-10-25-43-95)71-112(67-102)134-81-96-44-26-11-27-45-96/h4-73,121H,74-88H2,1-3H3/t121-/m1/s1. The molecule has 702 valence electrons. The molecule has 0 spiro atoms. The van der Waals surface area contributed by atoms with Crippen LogP contribution in [0.4, 0.5) is 0 Å². The van der Waals surface area contributed by atoms with Crippen LogP contribution in [-0.4, -0.2) is 18.5 Å². The average Bonchev–Trinajstić information content (AvgIpc) is 1.47. The second-order valence-corrected chi connectivity index (χ2v) is 37.5. The summed E-state index contributed by atoms with van der Waals surface area (Å²) in [7, 11) is -1.29. The molecule has 0 radical (unpaired) electrons. The first-order valence-electron chi connectivity index (χ1n) is 47.1. The van der Waals surface area contributed by atoms with Crippen LogP contribution in [0.3, 0.4) is 0 Å². The van der Waals surface area contributed by atoms with E-state index in [1.807, 2.05) is 376 Å². The molecule has 16 nitrogen and oxygen atoms in total. The zero-order valence-electron chi connectivity index (χ0n) is 78.6. The highest BCUT2D eigenvalue weighted by atomic mass is 31.1. The molecule has 0 aromatic heterocycles. The molecule has 0 saturated heterocycles. The molecule has 0 bridgehead atoms. The van der Waals surface area contributed by atoms with E-state index in [4.69, 9.17) is 76.0 Å². The molecular formula is C123H110NO15P. The van der Waals surface area contributed by atoms with Crippen LogP contribution in [0.1, 0.15) is 104 Å². The molecule has 1 heterocycles. The first-order chi connectivity index (χ1) is 68.8. The molecule has 18 rings (SSSR count). The first-order valence-corrected chi connectivity index (χ1v) is 48.4. The van der Waals surface area contributed by atoms with Gasteiger partial charge in [0.05, 0.1) is 6.04 Å². The van der Waals surface area contributed by atoms with Gasteiger partial charge in [-0.2, -0.15) is 0 Å². The van der Waals surface area contributed by atoms with Crippen molar-refractivity contribution in [3.8, 4) is 80.5 Å². The second kappa shape index (κ2) is 47.5. The maximum absolute atomic E-state index is 6.84. The van der Waals surface area contributed by atoms with E-state index in [9.17, 15) is 0 Å². The van der Waals surface area contributed by atoms with Crippen LogP contribution in [0.2, 0.25) is 0 Å². The summed E-state index contributed by atoms with van der Waals surface area (Å²) >= 11 is 0. The summed E-state index contributed by atoms with van der Waals surface area (Å²) in [6.07, 6.45) is 0. The van der Waals surface area contributed by atoms with Crippen molar-refractivity contribution in [2.45, 2.75) is 119 Å². The van der Waals surface area contributed by atoms with Crippen LogP contribution in [0, 0.1) is 5.41 Å². The minimum atomic E-state index is -1.29.